The lowest BCUT2D eigenvalue weighted by Gasteiger charge is -2.22. The Morgan fingerprint density at radius 3 is 2.64 bits per heavy atom. The zero-order valence-electron chi connectivity index (χ0n) is 13.6. The van der Waals surface area contributed by atoms with Gasteiger partial charge in [0.25, 0.3) is 0 Å². The van der Waals surface area contributed by atoms with Gasteiger partial charge < -0.3 is 25.6 Å². The number of para-hydroxylation sites is 1. The fourth-order valence-electron chi connectivity index (χ4n) is 1.84. The fraction of sp³-hybridized carbons (Fsp3) is 0.562. The Kier molecular flexibility index (Phi) is 6.49. The number of nitrogens with one attached hydrogen (secondary N) is 2. The molecule has 1 amide bonds. The summed E-state index contributed by atoms with van der Waals surface area (Å²) < 4.78 is 5.18. The monoisotopic (exact) mass is 310 g/mol. The molecular formula is C16H26N2O4. The maximum atomic E-state index is 11.6. The van der Waals surface area contributed by atoms with E-state index in [4.69, 9.17) is 4.74 Å². The van der Waals surface area contributed by atoms with Gasteiger partial charge in [-0.25, -0.2) is 4.79 Å². The highest BCUT2D eigenvalue weighted by Crippen LogP contribution is 2.27. The number of phenols is 2. The van der Waals surface area contributed by atoms with Crippen molar-refractivity contribution in [1.29, 1.82) is 0 Å². The molecule has 0 aliphatic rings. The quantitative estimate of drug-likeness (QED) is 0.479. The Bertz CT molecular complexity index is 497. The van der Waals surface area contributed by atoms with E-state index in [1.807, 2.05) is 27.7 Å². The largest absolute Gasteiger partial charge is 0.504 e. The van der Waals surface area contributed by atoms with Crippen LogP contribution in [0.4, 0.5) is 4.79 Å². The lowest BCUT2D eigenvalue weighted by atomic mass is 10.1. The van der Waals surface area contributed by atoms with Gasteiger partial charge in [-0.05, 0) is 46.7 Å². The maximum Gasteiger partial charge on any atom is 0.407 e. The molecule has 0 heterocycles. The standard InChI is InChI=1S/C16H26N2O4/c1-11(18-15(21)22-16(2,3)4)8-9-17-10-12-6-5-7-13(19)14(12)20/h5-7,11,17,19-20H,8-10H2,1-4H3,(H,18,21). The van der Waals surface area contributed by atoms with Crippen molar-refractivity contribution in [2.75, 3.05) is 6.54 Å². The summed E-state index contributed by atoms with van der Waals surface area (Å²) in [5, 5.41) is 25.0. The van der Waals surface area contributed by atoms with Crippen molar-refractivity contribution in [2.24, 2.45) is 0 Å². The van der Waals surface area contributed by atoms with Crippen LogP contribution in [-0.4, -0.2) is 34.5 Å². The Morgan fingerprint density at radius 1 is 1.32 bits per heavy atom. The van der Waals surface area contributed by atoms with Gasteiger partial charge in [0.1, 0.15) is 5.60 Å². The summed E-state index contributed by atoms with van der Waals surface area (Å²) in [6.07, 6.45) is 0.296. The smallest absolute Gasteiger partial charge is 0.407 e. The van der Waals surface area contributed by atoms with Gasteiger partial charge >= 0.3 is 6.09 Å². The third kappa shape index (κ3) is 6.67. The first kappa shape index (κ1) is 18.1. The van der Waals surface area contributed by atoms with Gasteiger partial charge in [0.15, 0.2) is 11.5 Å². The SMILES string of the molecule is CC(CCNCc1cccc(O)c1O)NC(=O)OC(C)(C)C. The molecule has 4 N–H and O–H groups in total. The van der Waals surface area contributed by atoms with Gasteiger partial charge in [0.2, 0.25) is 0 Å². The summed E-state index contributed by atoms with van der Waals surface area (Å²) in [5.74, 6) is -0.228. The summed E-state index contributed by atoms with van der Waals surface area (Å²) in [6.45, 7) is 8.46. The molecule has 6 heteroatoms. The van der Waals surface area contributed by atoms with Crippen molar-refractivity contribution in [3.63, 3.8) is 0 Å². The van der Waals surface area contributed by atoms with Gasteiger partial charge in [0, 0.05) is 18.2 Å². The van der Waals surface area contributed by atoms with E-state index in [0.717, 1.165) is 6.42 Å². The molecule has 0 bridgehead atoms. The van der Waals surface area contributed by atoms with Crippen LogP contribution in [0, 0.1) is 0 Å². The molecule has 0 fully saturated rings. The number of amides is 1. The second kappa shape index (κ2) is 7.89. The van der Waals surface area contributed by atoms with Crippen molar-refractivity contribution >= 4 is 6.09 Å². The molecule has 0 saturated heterocycles. The van der Waals surface area contributed by atoms with Crippen LogP contribution in [-0.2, 0) is 11.3 Å². The molecule has 0 aliphatic heterocycles. The molecule has 0 saturated carbocycles. The van der Waals surface area contributed by atoms with Gasteiger partial charge in [0.05, 0.1) is 0 Å². The van der Waals surface area contributed by atoms with Gasteiger partial charge in [-0.2, -0.15) is 0 Å². The summed E-state index contributed by atoms with van der Waals surface area (Å²) in [5.41, 5.74) is 0.127. The zero-order chi connectivity index (χ0) is 16.8. The van der Waals surface area contributed by atoms with E-state index in [-0.39, 0.29) is 17.5 Å². The molecule has 22 heavy (non-hydrogen) atoms. The first-order valence-electron chi connectivity index (χ1n) is 7.39. The minimum atomic E-state index is -0.505. The molecular weight excluding hydrogens is 284 g/mol. The summed E-state index contributed by atoms with van der Waals surface area (Å²) >= 11 is 0. The number of ether oxygens (including phenoxy) is 1. The normalized spacial score (nSPS) is 12.7. The van der Waals surface area contributed by atoms with E-state index in [2.05, 4.69) is 10.6 Å². The Balaban J connectivity index is 2.27. The first-order chi connectivity index (χ1) is 10.2. The molecule has 0 spiro atoms. The third-order valence-electron chi connectivity index (χ3n) is 2.93. The Hall–Kier alpha value is -1.95. The number of aromatic hydroxyl groups is 2. The molecule has 1 unspecified atom stereocenters. The molecule has 1 aromatic rings. The number of phenolic OH excluding ortho intramolecular Hbond substituents is 2. The van der Waals surface area contributed by atoms with Crippen molar-refractivity contribution in [2.45, 2.75) is 52.3 Å². The fourth-order valence-corrected chi connectivity index (χ4v) is 1.84. The maximum absolute atomic E-state index is 11.6. The molecule has 0 radical (unpaired) electrons. The van der Waals surface area contributed by atoms with Crippen LogP contribution >= 0.6 is 0 Å². The topological polar surface area (TPSA) is 90.8 Å². The van der Waals surface area contributed by atoms with Crippen LogP contribution in [0.1, 0.15) is 39.7 Å². The predicted octanol–water partition coefficient (Wildman–Crippen LogP) is 2.49. The van der Waals surface area contributed by atoms with Crippen LogP contribution in [0.15, 0.2) is 18.2 Å². The minimum Gasteiger partial charge on any atom is -0.504 e. The highest BCUT2D eigenvalue weighted by atomic mass is 16.6. The average molecular weight is 310 g/mol. The van der Waals surface area contributed by atoms with E-state index >= 15 is 0 Å². The summed E-state index contributed by atoms with van der Waals surface area (Å²) in [6, 6.07) is 4.83. The highest BCUT2D eigenvalue weighted by molar-refractivity contribution is 5.68. The minimum absolute atomic E-state index is 0.0277. The van der Waals surface area contributed by atoms with E-state index in [9.17, 15) is 15.0 Å². The average Bonchev–Trinajstić information content (AvgIpc) is 2.37. The van der Waals surface area contributed by atoms with Crippen LogP contribution in [0.5, 0.6) is 11.5 Å². The van der Waals surface area contributed by atoms with Crippen LogP contribution in [0.25, 0.3) is 0 Å². The molecule has 124 valence electrons. The molecule has 1 rings (SSSR count). The van der Waals surface area contributed by atoms with Crippen molar-refractivity contribution in [3.05, 3.63) is 23.8 Å². The number of alkyl carbamates (subject to hydrolysis) is 1. The number of rotatable bonds is 6. The zero-order valence-corrected chi connectivity index (χ0v) is 13.6. The van der Waals surface area contributed by atoms with Gasteiger partial charge in [-0.15, -0.1) is 0 Å². The highest BCUT2D eigenvalue weighted by Gasteiger charge is 2.17. The first-order valence-corrected chi connectivity index (χ1v) is 7.39. The van der Waals surface area contributed by atoms with E-state index in [1.54, 1.807) is 12.1 Å². The second-order valence-corrected chi connectivity index (χ2v) is 6.30. The van der Waals surface area contributed by atoms with E-state index < -0.39 is 11.7 Å². The van der Waals surface area contributed by atoms with Crippen LogP contribution in [0.2, 0.25) is 0 Å². The Morgan fingerprint density at radius 2 is 2.00 bits per heavy atom. The molecule has 1 atom stereocenters. The Labute approximate surface area is 131 Å². The number of carbonyl (C=O) groups is 1. The molecule has 0 aliphatic carbocycles. The van der Waals surface area contributed by atoms with Gasteiger partial charge in [-0.1, -0.05) is 12.1 Å². The van der Waals surface area contributed by atoms with Gasteiger partial charge in [-0.3, -0.25) is 0 Å². The van der Waals surface area contributed by atoms with Crippen molar-refractivity contribution < 1.29 is 19.7 Å². The number of hydrogen-bond donors (Lipinski definition) is 4. The predicted molar refractivity (Wildman–Crippen MR) is 84.9 cm³/mol. The molecule has 1 aromatic carbocycles. The van der Waals surface area contributed by atoms with Crippen LogP contribution < -0.4 is 10.6 Å². The summed E-state index contributed by atoms with van der Waals surface area (Å²) in [7, 11) is 0. The van der Waals surface area contributed by atoms with Crippen molar-refractivity contribution in [3.8, 4) is 11.5 Å². The molecule has 6 nitrogen and oxygen atoms in total. The lowest BCUT2D eigenvalue weighted by molar-refractivity contribution is 0.0506. The number of carbonyl (C=O) groups excluding carboxylic acids is 1. The van der Waals surface area contributed by atoms with Crippen LogP contribution in [0.3, 0.4) is 0 Å². The number of benzene rings is 1. The van der Waals surface area contributed by atoms with E-state index in [1.165, 1.54) is 6.07 Å². The number of hydrogen-bond acceptors (Lipinski definition) is 5. The third-order valence-corrected chi connectivity index (χ3v) is 2.93. The van der Waals surface area contributed by atoms with E-state index in [0.29, 0.717) is 18.7 Å². The second-order valence-electron chi connectivity index (χ2n) is 6.30. The molecule has 0 aromatic heterocycles. The summed E-state index contributed by atoms with van der Waals surface area (Å²) in [4.78, 5) is 11.6. The lowest BCUT2D eigenvalue weighted by Crippen LogP contribution is -2.38. The van der Waals surface area contributed by atoms with Crippen molar-refractivity contribution in [1.82, 2.24) is 10.6 Å².